The summed E-state index contributed by atoms with van der Waals surface area (Å²) in [5.74, 6) is 0.265. The van der Waals surface area contributed by atoms with Crippen molar-refractivity contribution in [3.63, 3.8) is 0 Å². The summed E-state index contributed by atoms with van der Waals surface area (Å²) in [5.41, 5.74) is -0.214. The molecule has 0 bridgehead atoms. The van der Waals surface area contributed by atoms with Crippen molar-refractivity contribution in [3.05, 3.63) is 0 Å². The molecule has 4 saturated carbocycles. The first kappa shape index (κ1) is 24.9. The van der Waals surface area contributed by atoms with Crippen LogP contribution in [0.3, 0.4) is 0 Å². The largest absolute Gasteiger partial charge is 0.480 e. The van der Waals surface area contributed by atoms with Crippen LogP contribution in [0.5, 0.6) is 0 Å². The van der Waals surface area contributed by atoms with E-state index in [0.717, 1.165) is 38.5 Å². The molecule has 11 atom stereocenters. The standard InChI is InChI=1S/C26H43NO6/c1-14(4-7-22(31)27-13-23(32)33)17-5-6-18-24-19(12-21(30)26(17,18)3)25(2)9-8-16(28)10-15(25)11-20(24)29/h14-21,24,28-30H,4-13H2,1-3H3,(H,27,31)(H,32,33)/t14-,15+,16-,17+,18-,19-,20+,21-,24-,25-,26+/m0/s1. The molecular formula is C26H43NO6. The molecule has 4 aliphatic rings. The van der Waals surface area contributed by atoms with Crippen LogP contribution in [0.25, 0.3) is 0 Å². The molecule has 4 rings (SSSR count). The third-order valence-corrected chi connectivity index (χ3v) is 10.8. The van der Waals surface area contributed by atoms with E-state index in [1.165, 1.54) is 0 Å². The van der Waals surface area contributed by atoms with Crippen molar-refractivity contribution < 1.29 is 30.0 Å². The number of rotatable bonds is 6. The zero-order valence-corrected chi connectivity index (χ0v) is 20.4. The van der Waals surface area contributed by atoms with E-state index >= 15 is 0 Å². The molecule has 4 aliphatic carbocycles. The Labute approximate surface area is 197 Å². The van der Waals surface area contributed by atoms with Crippen molar-refractivity contribution in [1.82, 2.24) is 5.32 Å². The maximum absolute atomic E-state index is 12.0. The van der Waals surface area contributed by atoms with Gasteiger partial charge in [0.05, 0.1) is 18.3 Å². The van der Waals surface area contributed by atoms with Gasteiger partial charge in [-0.3, -0.25) is 9.59 Å². The number of amides is 1. The number of aliphatic carboxylic acids is 1. The van der Waals surface area contributed by atoms with Crippen molar-refractivity contribution in [2.75, 3.05) is 6.54 Å². The molecule has 5 N–H and O–H groups in total. The van der Waals surface area contributed by atoms with E-state index in [1.54, 1.807) is 0 Å². The molecule has 0 aromatic carbocycles. The van der Waals surface area contributed by atoms with Crippen molar-refractivity contribution >= 4 is 11.9 Å². The van der Waals surface area contributed by atoms with Crippen molar-refractivity contribution in [2.45, 2.75) is 96.9 Å². The third kappa shape index (κ3) is 4.23. The summed E-state index contributed by atoms with van der Waals surface area (Å²) in [6.07, 6.45) is 5.86. The Bertz CT molecular complexity index is 759. The van der Waals surface area contributed by atoms with Gasteiger partial charge in [0.15, 0.2) is 0 Å². The zero-order chi connectivity index (χ0) is 24.1. The Balaban J connectivity index is 1.49. The minimum absolute atomic E-state index is 0.0668. The van der Waals surface area contributed by atoms with Crippen molar-refractivity contribution in [2.24, 2.45) is 46.3 Å². The number of hydrogen-bond donors (Lipinski definition) is 5. The fourth-order valence-corrected chi connectivity index (χ4v) is 8.95. The lowest BCUT2D eigenvalue weighted by Gasteiger charge is -2.63. The summed E-state index contributed by atoms with van der Waals surface area (Å²) in [4.78, 5) is 22.7. The second-order valence-corrected chi connectivity index (χ2v) is 12.2. The number of hydrogen-bond acceptors (Lipinski definition) is 5. The number of carbonyl (C=O) groups is 2. The van der Waals surface area contributed by atoms with Gasteiger partial charge in [-0.05, 0) is 97.7 Å². The Hall–Kier alpha value is -1.18. The molecule has 0 aromatic heterocycles. The fourth-order valence-electron chi connectivity index (χ4n) is 8.95. The van der Waals surface area contributed by atoms with Gasteiger partial charge in [0, 0.05) is 6.42 Å². The third-order valence-electron chi connectivity index (χ3n) is 10.8. The Morgan fingerprint density at radius 2 is 1.76 bits per heavy atom. The molecule has 7 heteroatoms. The summed E-state index contributed by atoms with van der Waals surface area (Å²) in [6.45, 7) is 6.35. The van der Waals surface area contributed by atoms with Gasteiger partial charge in [0.2, 0.25) is 5.91 Å². The maximum Gasteiger partial charge on any atom is 0.322 e. The molecule has 0 unspecified atom stereocenters. The predicted molar refractivity (Wildman–Crippen MR) is 123 cm³/mol. The van der Waals surface area contributed by atoms with Gasteiger partial charge in [-0.2, -0.15) is 0 Å². The van der Waals surface area contributed by atoms with Crippen LogP contribution in [0, 0.1) is 46.3 Å². The number of aliphatic hydroxyl groups excluding tert-OH is 3. The smallest absolute Gasteiger partial charge is 0.322 e. The molecule has 0 aliphatic heterocycles. The number of fused-ring (bicyclic) bond motifs is 5. The highest BCUT2D eigenvalue weighted by molar-refractivity contribution is 5.81. The summed E-state index contributed by atoms with van der Waals surface area (Å²) in [5, 5.41) is 44.4. The first-order valence-electron chi connectivity index (χ1n) is 13.0. The SMILES string of the molecule is C[C@@H](CCC(=O)NCC(=O)O)[C@H]1CC[C@H]2[C@@H]3[C@H](O)C[C@H]4C[C@@H](O)CC[C@]4(C)[C@H]3C[C@H](O)[C@]12C. The summed E-state index contributed by atoms with van der Waals surface area (Å²) < 4.78 is 0. The summed E-state index contributed by atoms with van der Waals surface area (Å²) in [7, 11) is 0. The summed E-state index contributed by atoms with van der Waals surface area (Å²) in [6, 6.07) is 0. The molecule has 188 valence electrons. The normalized spacial score (nSPS) is 47.7. The second kappa shape index (κ2) is 9.12. The lowest BCUT2D eigenvalue weighted by atomic mass is 9.43. The van der Waals surface area contributed by atoms with Gasteiger partial charge >= 0.3 is 5.97 Å². The second-order valence-electron chi connectivity index (χ2n) is 12.2. The van der Waals surface area contributed by atoms with Gasteiger partial charge in [-0.1, -0.05) is 20.8 Å². The van der Waals surface area contributed by atoms with Crippen LogP contribution < -0.4 is 5.32 Å². The maximum atomic E-state index is 12.0. The van der Waals surface area contributed by atoms with E-state index in [9.17, 15) is 24.9 Å². The molecule has 0 saturated heterocycles. The van der Waals surface area contributed by atoms with Crippen LogP contribution in [-0.4, -0.2) is 57.2 Å². The first-order valence-corrected chi connectivity index (χ1v) is 13.0. The minimum Gasteiger partial charge on any atom is -0.480 e. The van der Waals surface area contributed by atoms with Crippen LogP contribution in [0.1, 0.15) is 78.6 Å². The van der Waals surface area contributed by atoms with Gasteiger partial charge in [-0.25, -0.2) is 0 Å². The van der Waals surface area contributed by atoms with Crippen LogP contribution in [0.15, 0.2) is 0 Å². The lowest BCUT2D eigenvalue weighted by Crippen LogP contribution is -2.62. The topological polar surface area (TPSA) is 127 Å². The van der Waals surface area contributed by atoms with Crippen LogP contribution in [-0.2, 0) is 9.59 Å². The molecular weight excluding hydrogens is 422 g/mol. The monoisotopic (exact) mass is 465 g/mol. The molecule has 4 fully saturated rings. The van der Waals surface area contributed by atoms with E-state index in [-0.39, 0.29) is 65.1 Å². The van der Waals surface area contributed by atoms with E-state index in [1.807, 2.05) is 0 Å². The molecule has 0 radical (unpaired) electrons. The predicted octanol–water partition coefficient (Wildman–Crippen LogP) is 2.56. The highest BCUT2D eigenvalue weighted by Gasteiger charge is 2.65. The Morgan fingerprint density at radius 3 is 2.45 bits per heavy atom. The number of carbonyl (C=O) groups excluding carboxylic acids is 1. The molecule has 0 spiro atoms. The van der Waals surface area contributed by atoms with Crippen molar-refractivity contribution in [1.29, 1.82) is 0 Å². The van der Waals surface area contributed by atoms with Gasteiger partial charge in [0.1, 0.15) is 6.54 Å². The first-order chi connectivity index (χ1) is 15.5. The molecule has 33 heavy (non-hydrogen) atoms. The molecule has 1 amide bonds. The zero-order valence-electron chi connectivity index (χ0n) is 20.4. The van der Waals surface area contributed by atoms with E-state index in [2.05, 4.69) is 26.1 Å². The van der Waals surface area contributed by atoms with E-state index in [4.69, 9.17) is 5.11 Å². The van der Waals surface area contributed by atoms with E-state index in [0.29, 0.717) is 25.2 Å². The number of nitrogens with one attached hydrogen (secondary N) is 1. The lowest BCUT2D eigenvalue weighted by molar-refractivity contribution is -0.207. The number of carboxylic acids is 1. The Kier molecular flexibility index (Phi) is 6.89. The van der Waals surface area contributed by atoms with Gasteiger partial charge in [0.25, 0.3) is 0 Å². The summed E-state index contributed by atoms with van der Waals surface area (Å²) >= 11 is 0. The molecule has 0 aromatic rings. The van der Waals surface area contributed by atoms with E-state index < -0.39 is 12.1 Å². The average molecular weight is 466 g/mol. The van der Waals surface area contributed by atoms with Gasteiger partial charge < -0.3 is 25.7 Å². The van der Waals surface area contributed by atoms with Crippen LogP contribution in [0.2, 0.25) is 0 Å². The number of carboxylic acid groups (broad SMARTS) is 1. The van der Waals surface area contributed by atoms with Crippen molar-refractivity contribution in [3.8, 4) is 0 Å². The Morgan fingerprint density at radius 1 is 1.03 bits per heavy atom. The van der Waals surface area contributed by atoms with Gasteiger partial charge in [-0.15, -0.1) is 0 Å². The molecule has 7 nitrogen and oxygen atoms in total. The quantitative estimate of drug-likeness (QED) is 0.410. The number of aliphatic hydroxyl groups is 3. The minimum atomic E-state index is -1.04. The van der Waals surface area contributed by atoms with Crippen LogP contribution in [0.4, 0.5) is 0 Å². The average Bonchev–Trinajstić information content (AvgIpc) is 3.11. The van der Waals surface area contributed by atoms with Crippen LogP contribution >= 0.6 is 0 Å². The molecule has 0 heterocycles. The fraction of sp³-hybridized carbons (Fsp3) is 0.923. The highest BCUT2D eigenvalue weighted by atomic mass is 16.4. The highest BCUT2D eigenvalue weighted by Crippen LogP contribution is 2.68.